The van der Waals surface area contributed by atoms with Crippen molar-refractivity contribution in [3.8, 4) is 0 Å². The minimum Gasteiger partial charge on any atom is -0.465 e. The number of carbonyl (C=O) groups is 8. The fourth-order valence-electron chi connectivity index (χ4n) is 10.1. The number of hydrogen-bond acceptors (Lipinski definition) is 20. The lowest BCUT2D eigenvalue weighted by atomic mass is 9.45. The molecule has 2 saturated carbocycles. The fraction of sp³-hybridized carbons (Fsp3) is 0.617. The number of esters is 8. The van der Waals surface area contributed by atoms with Gasteiger partial charge >= 0.3 is 47.8 Å². The van der Waals surface area contributed by atoms with Gasteiger partial charge in [0.15, 0.2) is 30.0 Å². The molecule has 0 aromatic carbocycles. The smallest absolute Gasteiger partial charge is 0.340 e. The van der Waals surface area contributed by atoms with E-state index in [-0.39, 0.29) is 16.8 Å². The number of cyclic esters (lactones) is 1. The zero-order valence-electron chi connectivity index (χ0n) is 39.9. The predicted molar refractivity (Wildman–Crippen MR) is 229 cm³/mol. The van der Waals surface area contributed by atoms with Gasteiger partial charge in [0.25, 0.3) is 0 Å². The van der Waals surface area contributed by atoms with Crippen LogP contribution in [0.3, 0.4) is 0 Å². The molecule has 4 aliphatic rings. The Kier molecular flexibility index (Phi) is 14.1. The van der Waals surface area contributed by atoms with Gasteiger partial charge in [-0.25, -0.2) is 9.59 Å². The quantitative estimate of drug-likeness (QED) is 0.264. The van der Waals surface area contributed by atoms with Gasteiger partial charge in [-0.05, 0) is 32.0 Å². The summed E-state index contributed by atoms with van der Waals surface area (Å²) in [5.74, 6) is -14.1. The molecule has 1 saturated heterocycles. The highest BCUT2D eigenvalue weighted by Crippen LogP contribution is 2.70. The molecule has 1 N–H and O–H groups in total. The minimum absolute atomic E-state index is 0.0719. The van der Waals surface area contributed by atoms with E-state index < -0.39 is 155 Å². The summed E-state index contributed by atoms with van der Waals surface area (Å²) in [4.78, 5) is 129. The van der Waals surface area contributed by atoms with Gasteiger partial charge in [-0.2, -0.15) is 0 Å². The molecule has 0 radical (unpaired) electrons. The first-order chi connectivity index (χ1) is 31.7. The molecule has 1 spiro atoms. The van der Waals surface area contributed by atoms with Crippen LogP contribution in [0.4, 0.5) is 0 Å². The Hall–Kier alpha value is -6.22. The Morgan fingerprint density at radius 3 is 1.97 bits per heavy atom. The molecule has 4 bridgehead atoms. The van der Waals surface area contributed by atoms with Crippen molar-refractivity contribution in [1.29, 1.82) is 0 Å². The van der Waals surface area contributed by atoms with Gasteiger partial charge in [0.05, 0.1) is 40.5 Å². The Morgan fingerprint density at radius 2 is 1.41 bits per heavy atom. The predicted octanol–water partition coefficient (Wildman–Crippen LogP) is 2.30. The highest BCUT2D eigenvalue weighted by Gasteiger charge is 2.92. The molecular formula is C47H58N2O19. The zero-order chi connectivity index (χ0) is 50.6. The highest BCUT2D eigenvalue weighted by atomic mass is 16.7. The SMILES string of the molecule is CC(=O)OCC12C(OC(=O)C(C)C)C(OC(C)=O)C3C(OC(C)=O)C14OC3(C)COC(=O)c1cccnc1C(C)C(C)C(=O)OC(C(OC(=O)c1ccc(=O)n(C)c1)C2OC(=O)C(C)C)C4(C)O. The number of fused-ring (bicyclic) bond motifs is 5. The van der Waals surface area contributed by atoms with Crippen LogP contribution in [0.1, 0.15) is 108 Å². The van der Waals surface area contributed by atoms with Gasteiger partial charge < -0.3 is 52.3 Å². The van der Waals surface area contributed by atoms with E-state index in [9.17, 15) is 48.3 Å². The standard InChI is InChI=1S/C47H58N2O19/c1-21(2)39(54)66-37-33(62-26(8)51)31-35(63-27(9)52)47-45(11,59)36(65-41(56)24(6)23(5)32-29(14-13-17-48-32)43(58)61-19-44(31,10)68-47)34(64-42(57)28-15-16-30(53)49(12)18-28)38(67-40(55)22(3)4)46(37,47)20-60-25(7)50/h13-18,21-24,31,33-38,59H,19-20H2,1-12H3. The molecule has 68 heavy (non-hydrogen) atoms. The number of carbonyl (C=O) groups excluding carboxylic acids is 8. The van der Waals surface area contributed by atoms with Crippen LogP contribution in [-0.2, 0) is 78.4 Å². The lowest BCUT2D eigenvalue weighted by Gasteiger charge is -2.67. The van der Waals surface area contributed by atoms with E-state index >= 15 is 0 Å². The summed E-state index contributed by atoms with van der Waals surface area (Å²) in [7, 11) is 1.35. The molecule has 2 aliphatic carbocycles. The molecule has 21 nitrogen and oxygen atoms in total. The van der Waals surface area contributed by atoms with Gasteiger partial charge in [0.2, 0.25) is 5.56 Å². The van der Waals surface area contributed by atoms with E-state index in [1.807, 2.05) is 0 Å². The first kappa shape index (κ1) is 51.2. The number of aliphatic hydroxyl groups is 1. The van der Waals surface area contributed by atoms with E-state index in [0.29, 0.717) is 0 Å². The molecule has 4 heterocycles. The first-order valence-corrected chi connectivity index (χ1v) is 22.2. The molecular weight excluding hydrogens is 897 g/mol. The van der Waals surface area contributed by atoms with Crippen LogP contribution in [0.15, 0.2) is 41.5 Å². The van der Waals surface area contributed by atoms with Gasteiger partial charge in [0.1, 0.15) is 42.0 Å². The highest BCUT2D eigenvalue weighted by molar-refractivity contribution is 5.91. The monoisotopic (exact) mass is 954 g/mol. The summed E-state index contributed by atoms with van der Waals surface area (Å²) in [6.45, 7) is 12.4. The van der Waals surface area contributed by atoms with Crippen molar-refractivity contribution < 1.29 is 86.1 Å². The number of aromatic nitrogens is 2. The van der Waals surface area contributed by atoms with Crippen LogP contribution in [-0.4, -0.2) is 129 Å². The Bertz CT molecular complexity index is 2450. The van der Waals surface area contributed by atoms with Gasteiger partial charge in [-0.3, -0.25) is 38.5 Å². The summed E-state index contributed by atoms with van der Waals surface area (Å²) in [6.07, 6.45) is -10.2. The number of nitrogens with zero attached hydrogens (tertiary/aromatic N) is 2. The van der Waals surface area contributed by atoms with Crippen molar-refractivity contribution in [3.63, 3.8) is 0 Å². The van der Waals surface area contributed by atoms with E-state index in [1.165, 1.54) is 66.9 Å². The summed E-state index contributed by atoms with van der Waals surface area (Å²) in [5, 5.41) is 13.9. The third-order valence-corrected chi connectivity index (χ3v) is 13.5. The van der Waals surface area contributed by atoms with Crippen LogP contribution >= 0.6 is 0 Å². The molecule has 3 fully saturated rings. The number of rotatable bonds is 10. The normalized spacial score (nSPS) is 34.1. The molecule has 2 aliphatic heterocycles. The number of hydrogen-bond donors (Lipinski definition) is 1. The van der Waals surface area contributed by atoms with Crippen molar-refractivity contribution in [2.24, 2.45) is 36.1 Å². The van der Waals surface area contributed by atoms with Crippen LogP contribution in [0.25, 0.3) is 0 Å². The summed E-state index contributed by atoms with van der Waals surface area (Å²) in [5.41, 5.74) is -11.4. The van der Waals surface area contributed by atoms with Crippen LogP contribution < -0.4 is 5.56 Å². The first-order valence-electron chi connectivity index (χ1n) is 22.2. The van der Waals surface area contributed by atoms with Crippen molar-refractivity contribution in [3.05, 3.63) is 63.8 Å². The Morgan fingerprint density at radius 1 is 0.809 bits per heavy atom. The van der Waals surface area contributed by atoms with Gasteiger partial charge in [0, 0.05) is 52.2 Å². The third kappa shape index (κ3) is 8.51. The Labute approximate surface area is 391 Å². The van der Waals surface area contributed by atoms with Crippen molar-refractivity contribution in [2.75, 3.05) is 13.2 Å². The van der Waals surface area contributed by atoms with E-state index in [0.717, 1.165) is 50.6 Å². The molecule has 6 rings (SSSR count). The minimum atomic E-state index is -2.95. The van der Waals surface area contributed by atoms with Gasteiger partial charge in [-0.1, -0.05) is 41.5 Å². The van der Waals surface area contributed by atoms with Crippen LogP contribution in [0, 0.1) is 29.1 Å². The largest absolute Gasteiger partial charge is 0.465 e. The molecule has 2 aromatic heterocycles. The molecule has 13 unspecified atom stereocenters. The second kappa shape index (κ2) is 18.7. The lowest BCUT2D eigenvalue weighted by molar-refractivity contribution is -0.386. The molecule has 21 heteroatoms. The lowest BCUT2D eigenvalue weighted by Crippen LogP contribution is -2.89. The number of aryl methyl sites for hydroxylation is 1. The maximum Gasteiger partial charge on any atom is 0.340 e. The number of pyridine rings is 2. The summed E-state index contributed by atoms with van der Waals surface area (Å²) < 4.78 is 57.8. The maximum atomic E-state index is 14.8. The van der Waals surface area contributed by atoms with Crippen LogP contribution in [0.5, 0.6) is 0 Å². The number of ether oxygens (including phenoxy) is 9. The molecule has 0 amide bonds. The second-order valence-corrected chi connectivity index (χ2v) is 19.0. The van der Waals surface area contributed by atoms with Gasteiger partial charge in [-0.15, -0.1) is 0 Å². The van der Waals surface area contributed by atoms with E-state index in [1.54, 1.807) is 6.92 Å². The van der Waals surface area contributed by atoms with Crippen molar-refractivity contribution in [2.45, 2.75) is 136 Å². The van der Waals surface area contributed by atoms with E-state index in [2.05, 4.69) is 4.98 Å². The summed E-state index contributed by atoms with van der Waals surface area (Å²) >= 11 is 0. The van der Waals surface area contributed by atoms with E-state index in [4.69, 9.17) is 42.6 Å². The molecule has 13 atom stereocenters. The zero-order valence-corrected chi connectivity index (χ0v) is 39.9. The Balaban J connectivity index is 1.84. The summed E-state index contributed by atoms with van der Waals surface area (Å²) in [6, 6.07) is 5.07. The van der Waals surface area contributed by atoms with Crippen molar-refractivity contribution >= 4 is 47.8 Å². The average Bonchev–Trinajstić information content (AvgIpc) is 3.48. The topological polar surface area (TPSA) is 275 Å². The fourth-order valence-corrected chi connectivity index (χ4v) is 10.1. The average molecular weight is 955 g/mol. The van der Waals surface area contributed by atoms with Crippen LogP contribution in [0.2, 0.25) is 0 Å². The molecule has 2 aromatic rings. The maximum absolute atomic E-state index is 14.8. The molecule has 370 valence electrons. The van der Waals surface area contributed by atoms with Crippen molar-refractivity contribution in [1.82, 2.24) is 9.55 Å². The third-order valence-electron chi connectivity index (χ3n) is 13.5. The second-order valence-electron chi connectivity index (χ2n) is 19.0.